The maximum absolute atomic E-state index is 11.9. The van der Waals surface area contributed by atoms with Crippen LogP contribution in [-0.4, -0.2) is 42.6 Å². The van der Waals surface area contributed by atoms with Gasteiger partial charge < -0.3 is 15.0 Å². The van der Waals surface area contributed by atoms with Gasteiger partial charge in [0, 0.05) is 47.3 Å². The van der Waals surface area contributed by atoms with E-state index in [0.29, 0.717) is 23.9 Å². The number of fused-ring (bicyclic) bond motifs is 2. The van der Waals surface area contributed by atoms with Crippen LogP contribution in [0.15, 0.2) is 6.07 Å². The summed E-state index contributed by atoms with van der Waals surface area (Å²) in [7, 11) is 0. The lowest BCUT2D eigenvalue weighted by atomic mass is 9.76. The molecule has 0 unspecified atom stereocenters. The van der Waals surface area contributed by atoms with Crippen LogP contribution in [0.4, 0.5) is 0 Å². The third kappa shape index (κ3) is 3.54. The van der Waals surface area contributed by atoms with Gasteiger partial charge in [-0.1, -0.05) is 6.92 Å². The van der Waals surface area contributed by atoms with Crippen LogP contribution in [0.1, 0.15) is 67.7 Å². The Hall–Kier alpha value is -0.910. The van der Waals surface area contributed by atoms with E-state index in [1.807, 2.05) is 11.3 Å². The number of hydrogen-bond donors (Lipinski definition) is 1. The Morgan fingerprint density at radius 3 is 2.93 bits per heavy atom. The average molecular weight is 403 g/mol. The van der Waals surface area contributed by atoms with Crippen LogP contribution in [0.2, 0.25) is 0 Å². The molecule has 2 saturated carbocycles. The van der Waals surface area contributed by atoms with E-state index in [0.717, 1.165) is 70.4 Å². The Morgan fingerprint density at radius 1 is 1.39 bits per heavy atom. The van der Waals surface area contributed by atoms with E-state index < -0.39 is 0 Å². The summed E-state index contributed by atoms with van der Waals surface area (Å²) in [5.41, 5.74) is 1.48. The number of likely N-dealkylation sites (tertiary alicyclic amines) is 1. The predicted octanol–water partition coefficient (Wildman–Crippen LogP) is 3.87. The molecule has 1 aromatic rings. The first-order chi connectivity index (χ1) is 13.6. The molecule has 1 saturated heterocycles. The zero-order chi connectivity index (χ0) is 19.3. The minimum absolute atomic E-state index is 0.0339. The lowest BCUT2D eigenvalue weighted by Crippen LogP contribution is -2.54. The van der Waals surface area contributed by atoms with E-state index in [9.17, 15) is 4.79 Å². The summed E-state index contributed by atoms with van der Waals surface area (Å²) >= 11 is 2.01. The number of aryl methyl sites for hydroxylation is 1. The van der Waals surface area contributed by atoms with Crippen molar-refractivity contribution in [1.82, 2.24) is 10.2 Å². The van der Waals surface area contributed by atoms with Gasteiger partial charge in [-0.3, -0.25) is 4.79 Å². The minimum Gasteiger partial charge on any atom is -0.370 e. The fourth-order valence-electron chi connectivity index (χ4n) is 5.55. The molecule has 5 heteroatoms. The van der Waals surface area contributed by atoms with Crippen molar-refractivity contribution in [2.45, 2.75) is 82.9 Å². The fraction of sp³-hybridized carbons (Fsp3) is 0.783. The first-order valence-corrected chi connectivity index (χ1v) is 12.2. The van der Waals surface area contributed by atoms with E-state index in [4.69, 9.17) is 4.74 Å². The molecule has 0 radical (unpaired) electrons. The van der Waals surface area contributed by atoms with Crippen molar-refractivity contribution in [3.05, 3.63) is 21.4 Å². The smallest absolute Gasteiger partial charge is 0.223 e. The lowest BCUT2D eigenvalue weighted by molar-refractivity contribution is -0.124. The Balaban J connectivity index is 1.16. The summed E-state index contributed by atoms with van der Waals surface area (Å²) in [5, 5.41) is 3.25. The van der Waals surface area contributed by atoms with Gasteiger partial charge in [0.15, 0.2) is 0 Å². The van der Waals surface area contributed by atoms with Crippen molar-refractivity contribution in [1.29, 1.82) is 0 Å². The quantitative estimate of drug-likeness (QED) is 0.813. The van der Waals surface area contributed by atoms with Gasteiger partial charge in [0.1, 0.15) is 0 Å². The monoisotopic (exact) mass is 402 g/mol. The number of carbonyl (C=O) groups is 1. The van der Waals surface area contributed by atoms with Crippen molar-refractivity contribution in [2.24, 2.45) is 11.8 Å². The highest BCUT2D eigenvalue weighted by Gasteiger charge is 2.45. The number of carbonyl (C=O) groups excluding carboxylic acids is 1. The number of piperidine rings is 1. The van der Waals surface area contributed by atoms with E-state index in [1.54, 1.807) is 4.88 Å². The van der Waals surface area contributed by atoms with E-state index >= 15 is 0 Å². The summed E-state index contributed by atoms with van der Waals surface area (Å²) < 4.78 is 6.48. The second-order valence-electron chi connectivity index (χ2n) is 9.61. The number of hydrogen-bond acceptors (Lipinski definition) is 4. The highest BCUT2D eigenvalue weighted by molar-refractivity contribution is 7.12. The third-order valence-electron chi connectivity index (χ3n) is 7.48. The number of ether oxygens (including phenoxy) is 1. The van der Waals surface area contributed by atoms with Gasteiger partial charge >= 0.3 is 0 Å². The topological polar surface area (TPSA) is 41.6 Å². The summed E-state index contributed by atoms with van der Waals surface area (Å²) in [6.45, 7) is 7.84. The summed E-state index contributed by atoms with van der Waals surface area (Å²) in [4.78, 5) is 17.7. The van der Waals surface area contributed by atoms with E-state index in [1.165, 1.54) is 17.0 Å². The van der Waals surface area contributed by atoms with Gasteiger partial charge in [0.2, 0.25) is 5.91 Å². The second kappa shape index (κ2) is 7.41. The standard InChI is InChI=1S/C23H34N2O2S/c1-3-19-12-20-21(28-19)6-9-27-23(20)7-8-25(15(2)13-23)14-16-10-18(11-16)24-22(26)17-4-5-17/h12,15-18H,3-11,13-14H2,1-2H3,(H,24,26)/t15-,16?,18?,23+/m0/s1. The minimum atomic E-state index is -0.0339. The zero-order valence-electron chi connectivity index (χ0n) is 17.3. The molecule has 3 fully saturated rings. The average Bonchev–Trinajstić information content (AvgIpc) is 3.41. The molecular weight excluding hydrogens is 368 g/mol. The molecule has 2 atom stereocenters. The van der Waals surface area contributed by atoms with Crippen LogP contribution in [0.25, 0.3) is 0 Å². The van der Waals surface area contributed by atoms with Crippen LogP contribution in [-0.2, 0) is 28.0 Å². The Kier molecular flexibility index (Phi) is 5.05. The Bertz CT molecular complexity index is 737. The van der Waals surface area contributed by atoms with Crippen LogP contribution in [0, 0.1) is 11.8 Å². The van der Waals surface area contributed by atoms with Gasteiger partial charge in [-0.25, -0.2) is 0 Å². The SMILES string of the molecule is CCc1cc2c(s1)CCO[C@@]21CCN(CC2CC(NC(=O)C3CC3)C2)[C@@H](C)C1. The molecule has 3 heterocycles. The molecule has 4 nitrogen and oxygen atoms in total. The molecule has 4 aliphatic rings. The summed E-state index contributed by atoms with van der Waals surface area (Å²) in [5.74, 6) is 1.39. The molecular formula is C23H34N2O2S. The Morgan fingerprint density at radius 2 is 2.21 bits per heavy atom. The first-order valence-electron chi connectivity index (χ1n) is 11.4. The first kappa shape index (κ1) is 19.1. The molecule has 1 spiro atoms. The summed E-state index contributed by atoms with van der Waals surface area (Å²) in [6, 6.07) is 3.44. The van der Waals surface area contributed by atoms with E-state index in [-0.39, 0.29) is 5.60 Å². The molecule has 1 amide bonds. The number of nitrogens with one attached hydrogen (secondary N) is 1. The lowest BCUT2D eigenvalue weighted by Gasteiger charge is -2.49. The normalized spacial score (nSPS) is 35.4. The van der Waals surface area contributed by atoms with Crippen molar-refractivity contribution in [3.8, 4) is 0 Å². The van der Waals surface area contributed by atoms with Crippen molar-refractivity contribution < 1.29 is 9.53 Å². The van der Waals surface area contributed by atoms with Crippen LogP contribution in [0.3, 0.4) is 0 Å². The van der Waals surface area contributed by atoms with Crippen molar-refractivity contribution in [2.75, 3.05) is 19.7 Å². The highest BCUT2D eigenvalue weighted by Crippen LogP contribution is 2.46. The number of thiophene rings is 1. The van der Waals surface area contributed by atoms with Crippen molar-refractivity contribution in [3.63, 3.8) is 0 Å². The molecule has 1 N–H and O–H groups in total. The maximum Gasteiger partial charge on any atom is 0.223 e. The molecule has 5 rings (SSSR count). The molecule has 0 bridgehead atoms. The third-order valence-corrected chi connectivity index (χ3v) is 8.82. The number of nitrogens with zero attached hydrogens (tertiary/aromatic N) is 1. The molecule has 154 valence electrons. The molecule has 2 aliphatic carbocycles. The predicted molar refractivity (Wildman–Crippen MR) is 113 cm³/mol. The van der Waals surface area contributed by atoms with Crippen molar-refractivity contribution >= 4 is 17.2 Å². The molecule has 1 aromatic heterocycles. The van der Waals surface area contributed by atoms with Gasteiger partial charge in [-0.15, -0.1) is 11.3 Å². The Labute approximate surface area is 173 Å². The van der Waals surface area contributed by atoms with E-state index in [2.05, 4.69) is 30.1 Å². The van der Waals surface area contributed by atoms with Crippen LogP contribution < -0.4 is 5.32 Å². The van der Waals surface area contributed by atoms with Crippen LogP contribution >= 0.6 is 11.3 Å². The molecule has 2 aliphatic heterocycles. The van der Waals surface area contributed by atoms with Gasteiger partial charge in [-0.05, 0) is 69.4 Å². The van der Waals surface area contributed by atoms with Gasteiger partial charge in [0.25, 0.3) is 0 Å². The van der Waals surface area contributed by atoms with Gasteiger partial charge in [0.05, 0.1) is 12.2 Å². The fourth-order valence-corrected chi connectivity index (χ4v) is 6.72. The maximum atomic E-state index is 11.9. The van der Waals surface area contributed by atoms with Gasteiger partial charge in [-0.2, -0.15) is 0 Å². The highest BCUT2D eigenvalue weighted by atomic mass is 32.1. The number of amides is 1. The largest absolute Gasteiger partial charge is 0.370 e. The second-order valence-corrected chi connectivity index (χ2v) is 10.8. The number of rotatable bonds is 5. The zero-order valence-corrected chi connectivity index (χ0v) is 18.2. The molecule has 28 heavy (non-hydrogen) atoms. The molecule has 0 aromatic carbocycles. The summed E-state index contributed by atoms with van der Waals surface area (Å²) in [6.07, 6.45) is 9.00. The van der Waals surface area contributed by atoms with Crippen LogP contribution in [0.5, 0.6) is 0 Å².